The third-order valence-corrected chi connectivity index (χ3v) is 3.81. The highest BCUT2D eigenvalue weighted by atomic mass is 16.5. The highest BCUT2D eigenvalue weighted by molar-refractivity contribution is 6.03. The average Bonchev–Trinajstić information content (AvgIpc) is 3.09. The third-order valence-electron chi connectivity index (χ3n) is 3.81. The van der Waals surface area contributed by atoms with Crippen LogP contribution in [0.4, 0.5) is 11.5 Å². The molecular formula is C17H20N4O2. The summed E-state index contributed by atoms with van der Waals surface area (Å²) in [5.74, 6) is 0.380. The Morgan fingerprint density at radius 2 is 2.17 bits per heavy atom. The maximum absolute atomic E-state index is 12.2. The van der Waals surface area contributed by atoms with Crippen molar-refractivity contribution < 1.29 is 9.53 Å². The average molecular weight is 312 g/mol. The molecule has 1 amide bonds. The number of ether oxygens (including phenoxy) is 1. The summed E-state index contributed by atoms with van der Waals surface area (Å²) in [6.07, 6.45) is 5.46. The number of carbonyl (C=O) groups is 1. The van der Waals surface area contributed by atoms with Gasteiger partial charge in [0, 0.05) is 18.8 Å². The number of rotatable bonds is 5. The van der Waals surface area contributed by atoms with Crippen LogP contribution in [-0.4, -0.2) is 35.1 Å². The topological polar surface area (TPSA) is 76.1 Å². The van der Waals surface area contributed by atoms with Gasteiger partial charge in [-0.3, -0.25) is 4.79 Å². The number of carbonyl (C=O) groups excluding carboxylic acids is 1. The minimum absolute atomic E-state index is 0.237. The molecule has 6 heteroatoms. The van der Waals surface area contributed by atoms with E-state index in [4.69, 9.17) is 4.74 Å². The number of nitrogens with one attached hydrogen (secondary N) is 2. The van der Waals surface area contributed by atoms with Gasteiger partial charge in [0.1, 0.15) is 11.5 Å². The summed E-state index contributed by atoms with van der Waals surface area (Å²) < 4.78 is 5.54. The van der Waals surface area contributed by atoms with Crippen LogP contribution in [0, 0.1) is 6.92 Å². The molecule has 0 saturated carbocycles. The molecule has 1 atom stereocenters. The zero-order chi connectivity index (χ0) is 16.1. The van der Waals surface area contributed by atoms with Gasteiger partial charge in [0.2, 0.25) is 0 Å². The van der Waals surface area contributed by atoms with Crippen LogP contribution in [-0.2, 0) is 4.74 Å². The molecule has 1 saturated heterocycles. The van der Waals surface area contributed by atoms with E-state index in [-0.39, 0.29) is 17.7 Å². The summed E-state index contributed by atoms with van der Waals surface area (Å²) in [7, 11) is 0. The number of hydrogen-bond acceptors (Lipinski definition) is 5. The first-order valence-electron chi connectivity index (χ1n) is 7.77. The van der Waals surface area contributed by atoms with E-state index >= 15 is 0 Å². The van der Waals surface area contributed by atoms with Gasteiger partial charge < -0.3 is 15.4 Å². The number of nitrogens with zero attached hydrogens (tertiary/aromatic N) is 2. The molecule has 0 radical (unpaired) electrons. The molecule has 0 bridgehead atoms. The van der Waals surface area contributed by atoms with Crippen molar-refractivity contribution in [3.63, 3.8) is 0 Å². The predicted octanol–water partition coefficient (Wildman–Crippen LogP) is 2.63. The van der Waals surface area contributed by atoms with Crippen LogP contribution in [0.3, 0.4) is 0 Å². The van der Waals surface area contributed by atoms with E-state index in [1.807, 2.05) is 31.2 Å². The van der Waals surface area contributed by atoms with Crippen molar-refractivity contribution in [2.24, 2.45) is 0 Å². The molecule has 1 fully saturated rings. The smallest absolute Gasteiger partial charge is 0.275 e. The van der Waals surface area contributed by atoms with Crippen LogP contribution < -0.4 is 10.6 Å². The lowest BCUT2D eigenvalue weighted by Gasteiger charge is -2.11. The van der Waals surface area contributed by atoms with Gasteiger partial charge in [0.05, 0.1) is 18.5 Å². The quantitative estimate of drug-likeness (QED) is 0.887. The Kier molecular flexibility index (Phi) is 4.83. The summed E-state index contributed by atoms with van der Waals surface area (Å²) in [5.41, 5.74) is 2.07. The molecule has 0 aliphatic carbocycles. The first kappa shape index (κ1) is 15.4. The SMILES string of the molecule is Cc1ccccc1NC(=O)c1cnc(NCC2CCCO2)cn1. The van der Waals surface area contributed by atoms with Crippen molar-refractivity contribution in [3.8, 4) is 0 Å². The number of hydrogen-bond donors (Lipinski definition) is 2. The van der Waals surface area contributed by atoms with Gasteiger partial charge in [-0.05, 0) is 31.4 Å². The molecule has 2 aromatic rings. The number of anilines is 2. The summed E-state index contributed by atoms with van der Waals surface area (Å²) in [5, 5.41) is 6.02. The Bertz CT molecular complexity index is 667. The fraction of sp³-hybridized carbons (Fsp3) is 0.353. The molecule has 23 heavy (non-hydrogen) atoms. The van der Waals surface area contributed by atoms with Gasteiger partial charge in [-0.15, -0.1) is 0 Å². The van der Waals surface area contributed by atoms with Crippen molar-refractivity contribution in [2.45, 2.75) is 25.9 Å². The largest absolute Gasteiger partial charge is 0.376 e. The summed E-state index contributed by atoms with van der Waals surface area (Å²) in [4.78, 5) is 20.6. The zero-order valence-corrected chi connectivity index (χ0v) is 13.1. The van der Waals surface area contributed by atoms with Crippen LogP contribution in [0.2, 0.25) is 0 Å². The van der Waals surface area contributed by atoms with Gasteiger partial charge >= 0.3 is 0 Å². The van der Waals surface area contributed by atoms with E-state index in [2.05, 4.69) is 20.6 Å². The Hall–Kier alpha value is -2.47. The summed E-state index contributed by atoms with van der Waals surface area (Å²) in [6.45, 7) is 3.48. The highest BCUT2D eigenvalue weighted by Crippen LogP contribution is 2.15. The van der Waals surface area contributed by atoms with Gasteiger partial charge in [-0.1, -0.05) is 18.2 Å². The second-order valence-electron chi connectivity index (χ2n) is 5.57. The number of aromatic nitrogens is 2. The monoisotopic (exact) mass is 312 g/mol. The van der Waals surface area contributed by atoms with Gasteiger partial charge in [-0.25, -0.2) is 9.97 Å². The maximum atomic E-state index is 12.2. The molecule has 6 nitrogen and oxygen atoms in total. The Morgan fingerprint density at radius 1 is 1.30 bits per heavy atom. The minimum atomic E-state index is -0.266. The van der Waals surface area contributed by atoms with Crippen molar-refractivity contribution in [2.75, 3.05) is 23.8 Å². The maximum Gasteiger partial charge on any atom is 0.275 e. The number of aryl methyl sites for hydroxylation is 1. The van der Waals surface area contributed by atoms with Gasteiger partial charge in [-0.2, -0.15) is 0 Å². The van der Waals surface area contributed by atoms with Crippen LogP contribution in [0.25, 0.3) is 0 Å². The highest BCUT2D eigenvalue weighted by Gasteiger charge is 2.15. The molecular weight excluding hydrogens is 292 g/mol. The standard InChI is InChI=1S/C17H20N4O2/c1-12-5-2-3-7-14(12)21-17(22)15-10-20-16(11-18-15)19-9-13-6-4-8-23-13/h2-3,5,7,10-11,13H,4,6,8-9H2,1H3,(H,19,20)(H,21,22). The van der Waals surface area contributed by atoms with E-state index in [1.54, 1.807) is 6.20 Å². The van der Waals surface area contributed by atoms with Gasteiger partial charge in [0.15, 0.2) is 0 Å². The van der Waals surface area contributed by atoms with E-state index in [1.165, 1.54) is 6.20 Å². The second-order valence-corrected chi connectivity index (χ2v) is 5.57. The fourth-order valence-corrected chi connectivity index (χ4v) is 2.46. The number of benzene rings is 1. The molecule has 1 aromatic heterocycles. The van der Waals surface area contributed by atoms with Crippen molar-refractivity contribution in [1.29, 1.82) is 0 Å². The van der Waals surface area contributed by atoms with Gasteiger partial charge in [0.25, 0.3) is 5.91 Å². The van der Waals surface area contributed by atoms with E-state index in [0.717, 1.165) is 30.7 Å². The zero-order valence-electron chi connectivity index (χ0n) is 13.1. The predicted molar refractivity (Wildman–Crippen MR) is 88.6 cm³/mol. The molecule has 2 heterocycles. The Morgan fingerprint density at radius 3 is 2.87 bits per heavy atom. The molecule has 120 valence electrons. The number of amides is 1. The normalized spacial score (nSPS) is 17.0. The van der Waals surface area contributed by atoms with E-state index in [9.17, 15) is 4.79 Å². The molecule has 1 aliphatic heterocycles. The lowest BCUT2D eigenvalue weighted by Crippen LogP contribution is -2.19. The molecule has 3 rings (SSSR count). The number of para-hydroxylation sites is 1. The third kappa shape index (κ3) is 4.04. The Labute approximate surface area is 135 Å². The fourth-order valence-electron chi connectivity index (χ4n) is 2.46. The van der Waals surface area contributed by atoms with Crippen LogP contribution in [0.15, 0.2) is 36.7 Å². The lowest BCUT2D eigenvalue weighted by molar-refractivity contribution is 0.102. The minimum Gasteiger partial charge on any atom is -0.376 e. The molecule has 1 unspecified atom stereocenters. The Balaban J connectivity index is 1.57. The first-order chi connectivity index (χ1) is 11.2. The molecule has 2 N–H and O–H groups in total. The lowest BCUT2D eigenvalue weighted by atomic mass is 10.2. The first-order valence-corrected chi connectivity index (χ1v) is 7.77. The van der Waals surface area contributed by atoms with E-state index in [0.29, 0.717) is 12.4 Å². The van der Waals surface area contributed by atoms with Crippen molar-refractivity contribution in [3.05, 3.63) is 47.9 Å². The molecule has 1 aromatic carbocycles. The van der Waals surface area contributed by atoms with E-state index < -0.39 is 0 Å². The second kappa shape index (κ2) is 7.19. The summed E-state index contributed by atoms with van der Waals surface area (Å²) >= 11 is 0. The molecule has 1 aliphatic rings. The van der Waals surface area contributed by atoms with Crippen LogP contribution in [0.5, 0.6) is 0 Å². The van der Waals surface area contributed by atoms with Crippen LogP contribution in [0.1, 0.15) is 28.9 Å². The van der Waals surface area contributed by atoms with Crippen LogP contribution >= 0.6 is 0 Å². The molecule has 0 spiro atoms. The van der Waals surface area contributed by atoms with Crippen molar-refractivity contribution >= 4 is 17.4 Å². The van der Waals surface area contributed by atoms with Crippen molar-refractivity contribution in [1.82, 2.24) is 9.97 Å². The summed E-state index contributed by atoms with van der Waals surface area (Å²) in [6, 6.07) is 7.61.